The van der Waals surface area contributed by atoms with Gasteiger partial charge in [-0.3, -0.25) is 9.69 Å². The van der Waals surface area contributed by atoms with Crippen molar-refractivity contribution in [2.75, 3.05) is 26.2 Å². The molecular formula is C15H21BrN2O2. The molecule has 1 aromatic rings. The summed E-state index contributed by atoms with van der Waals surface area (Å²) in [7, 11) is 0. The maximum Gasteiger partial charge on any atom is 0.257 e. The predicted molar refractivity (Wildman–Crippen MR) is 82.9 cm³/mol. The molecule has 1 aliphatic rings. The van der Waals surface area contributed by atoms with Crippen molar-refractivity contribution in [3.63, 3.8) is 0 Å². The number of hydrogen-bond acceptors (Lipinski definition) is 3. The van der Waals surface area contributed by atoms with Crippen LogP contribution in [0.5, 0.6) is 5.75 Å². The summed E-state index contributed by atoms with van der Waals surface area (Å²) in [4.78, 5) is 14.2. The molecule has 1 N–H and O–H groups in total. The van der Waals surface area contributed by atoms with Gasteiger partial charge >= 0.3 is 0 Å². The second-order valence-corrected chi connectivity index (χ2v) is 5.89. The number of amides is 1. The summed E-state index contributed by atoms with van der Waals surface area (Å²) < 4.78 is 6.44. The number of benzene rings is 1. The van der Waals surface area contributed by atoms with E-state index in [1.807, 2.05) is 24.3 Å². The lowest BCUT2D eigenvalue weighted by Crippen LogP contribution is -2.41. The summed E-state index contributed by atoms with van der Waals surface area (Å²) in [6.07, 6.45) is 2.39. The van der Waals surface area contributed by atoms with Crippen LogP contribution in [-0.4, -0.2) is 43.1 Å². The molecule has 0 saturated carbocycles. The van der Waals surface area contributed by atoms with Crippen molar-refractivity contribution in [3.05, 3.63) is 28.7 Å². The Bertz CT molecular complexity index is 436. The second-order valence-electron chi connectivity index (χ2n) is 4.97. The predicted octanol–water partition coefficient (Wildman–Crippen LogP) is 2.43. The minimum Gasteiger partial charge on any atom is -0.484 e. The van der Waals surface area contributed by atoms with E-state index in [9.17, 15) is 4.79 Å². The molecule has 0 aromatic heterocycles. The molecule has 1 fully saturated rings. The molecule has 20 heavy (non-hydrogen) atoms. The van der Waals surface area contributed by atoms with E-state index in [0.717, 1.165) is 24.1 Å². The zero-order valence-electron chi connectivity index (χ0n) is 11.8. The second kappa shape index (κ2) is 7.64. The van der Waals surface area contributed by atoms with Crippen LogP contribution >= 0.6 is 15.9 Å². The fourth-order valence-electron chi connectivity index (χ4n) is 2.51. The number of carbonyl (C=O) groups excluding carboxylic acids is 1. The molecule has 1 amide bonds. The Balaban J connectivity index is 1.69. The molecule has 5 heteroatoms. The standard InChI is InChI=1S/C15H21BrN2O2/c1-2-18-9-3-4-13(18)10-17-15(19)11-20-14-7-5-12(16)6-8-14/h5-8,13H,2-4,9-11H2,1H3,(H,17,19)/t13-/m1/s1. The number of nitrogens with zero attached hydrogens (tertiary/aromatic N) is 1. The van der Waals surface area contributed by atoms with E-state index in [-0.39, 0.29) is 12.5 Å². The highest BCUT2D eigenvalue weighted by Gasteiger charge is 2.23. The minimum absolute atomic E-state index is 0.0594. The third-order valence-corrected chi connectivity index (χ3v) is 4.15. The van der Waals surface area contributed by atoms with Gasteiger partial charge in [0, 0.05) is 17.1 Å². The van der Waals surface area contributed by atoms with E-state index < -0.39 is 0 Å². The van der Waals surface area contributed by atoms with Gasteiger partial charge in [-0.25, -0.2) is 0 Å². The SMILES string of the molecule is CCN1CCC[C@@H]1CNC(=O)COc1ccc(Br)cc1. The van der Waals surface area contributed by atoms with Crippen LogP contribution in [0.15, 0.2) is 28.7 Å². The van der Waals surface area contributed by atoms with E-state index in [1.165, 1.54) is 12.8 Å². The average Bonchev–Trinajstić information content (AvgIpc) is 2.92. The number of likely N-dealkylation sites (N-methyl/N-ethyl adjacent to an activating group) is 1. The molecule has 0 radical (unpaired) electrons. The molecule has 110 valence electrons. The van der Waals surface area contributed by atoms with Crippen LogP contribution in [-0.2, 0) is 4.79 Å². The molecule has 0 unspecified atom stereocenters. The number of halogens is 1. The van der Waals surface area contributed by atoms with Gasteiger partial charge in [-0.2, -0.15) is 0 Å². The van der Waals surface area contributed by atoms with Crippen molar-refractivity contribution >= 4 is 21.8 Å². The number of likely N-dealkylation sites (tertiary alicyclic amines) is 1. The number of ether oxygens (including phenoxy) is 1. The van der Waals surface area contributed by atoms with E-state index in [2.05, 4.69) is 33.1 Å². The number of rotatable bonds is 6. The van der Waals surface area contributed by atoms with Crippen molar-refractivity contribution in [2.45, 2.75) is 25.8 Å². The fraction of sp³-hybridized carbons (Fsp3) is 0.533. The smallest absolute Gasteiger partial charge is 0.257 e. The fourth-order valence-corrected chi connectivity index (χ4v) is 2.77. The average molecular weight is 341 g/mol. The summed E-state index contributed by atoms with van der Waals surface area (Å²) in [5.41, 5.74) is 0. The molecule has 1 atom stereocenters. The lowest BCUT2D eigenvalue weighted by molar-refractivity contribution is -0.123. The Morgan fingerprint density at radius 3 is 2.90 bits per heavy atom. The van der Waals surface area contributed by atoms with E-state index in [0.29, 0.717) is 11.8 Å². The molecule has 1 saturated heterocycles. The number of hydrogen-bond donors (Lipinski definition) is 1. The van der Waals surface area contributed by atoms with Gasteiger partial charge < -0.3 is 10.1 Å². The summed E-state index contributed by atoms with van der Waals surface area (Å²) in [6.45, 7) is 5.15. The highest BCUT2D eigenvalue weighted by atomic mass is 79.9. The van der Waals surface area contributed by atoms with Crippen LogP contribution in [0.2, 0.25) is 0 Å². The first-order valence-electron chi connectivity index (χ1n) is 7.08. The highest BCUT2D eigenvalue weighted by molar-refractivity contribution is 9.10. The highest BCUT2D eigenvalue weighted by Crippen LogP contribution is 2.16. The summed E-state index contributed by atoms with van der Waals surface area (Å²) in [6, 6.07) is 7.95. The first-order valence-corrected chi connectivity index (χ1v) is 7.87. The summed E-state index contributed by atoms with van der Waals surface area (Å²) in [5.74, 6) is 0.648. The molecular weight excluding hydrogens is 320 g/mol. The molecule has 0 aliphatic carbocycles. The third-order valence-electron chi connectivity index (χ3n) is 3.62. The first kappa shape index (κ1) is 15.3. The molecule has 1 aliphatic heterocycles. The molecule has 0 bridgehead atoms. The zero-order valence-corrected chi connectivity index (χ0v) is 13.4. The number of carbonyl (C=O) groups is 1. The van der Waals surface area contributed by atoms with Crippen LogP contribution in [0.3, 0.4) is 0 Å². The van der Waals surface area contributed by atoms with Crippen molar-refractivity contribution < 1.29 is 9.53 Å². The normalized spacial score (nSPS) is 19.0. The van der Waals surface area contributed by atoms with Gasteiger partial charge in [-0.05, 0) is 50.2 Å². The molecule has 0 spiro atoms. The zero-order chi connectivity index (χ0) is 14.4. The topological polar surface area (TPSA) is 41.6 Å². The molecule has 1 heterocycles. The van der Waals surface area contributed by atoms with E-state index in [4.69, 9.17) is 4.74 Å². The Kier molecular flexibility index (Phi) is 5.86. The Morgan fingerprint density at radius 2 is 2.20 bits per heavy atom. The molecule has 4 nitrogen and oxygen atoms in total. The van der Waals surface area contributed by atoms with Gasteiger partial charge in [0.1, 0.15) is 5.75 Å². The van der Waals surface area contributed by atoms with Gasteiger partial charge in [-0.15, -0.1) is 0 Å². The van der Waals surface area contributed by atoms with Gasteiger partial charge in [0.25, 0.3) is 5.91 Å². The lowest BCUT2D eigenvalue weighted by atomic mass is 10.2. The van der Waals surface area contributed by atoms with Crippen molar-refractivity contribution in [2.24, 2.45) is 0 Å². The Hall–Kier alpha value is -1.07. The van der Waals surface area contributed by atoms with E-state index >= 15 is 0 Å². The van der Waals surface area contributed by atoms with Gasteiger partial charge in [0.05, 0.1) is 0 Å². The maximum atomic E-state index is 11.8. The monoisotopic (exact) mass is 340 g/mol. The van der Waals surface area contributed by atoms with Crippen LogP contribution in [0.4, 0.5) is 0 Å². The number of nitrogens with one attached hydrogen (secondary N) is 1. The van der Waals surface area contributed by atoms with E-state index in [1.54, 1.807) is 0 Å². The minimum atomic E-state index is -0.0594. The van der Waals surface area contributed by atoms with Crippen LogP contribution in [0.1, 0.15) is 19.8 Å². The van der Waals surface area contributed by atoms with Crippen molar-refractivity contribution in [1.82, 2.24) is 10.2 Å². The first-order chi connectivity index (χ1) is 9.69. The van der Waals surface area contributed by atoms with Gasteiger partial charge in [0.15, 0.2) is 6.61 Å². The van der Waals surface area contributed by atoms with Crippen LogP contribution < -0.4 is 10.1 Å². The summed E-state index contributed by atoms with van der Waals surface area (Å²) in [5, 5.41) is 2.96. The Labute approximate surface area is 128 Å². The van der Waals surface area contributed by atoms with Crippen LogP contribution in [0.25, 0.3) is 0 Å². The van der Waals surface area contributed by atoms with Crippen molar-refractivity contribution in [1.29, 1.82) is 0 Å². The summed E-state index contributed by atoms with van der Waals surface area (Å²) >= 11 is 3.36. The van der Waals surface area contributed by atoms with Crippen LogP contribution in [0, 0.1) is 0 Å². The molecule has 2 rings (SSSR count). The molecule has 1 aromatic carbocycles. The van der Waals surface area contributed by atoms with Gasteiger partial charge in [-0.1, -0.05) is 22.9 Å². The Morgan fingerprint density at radius 1 is 1.45 bits per heavy atom. The third kappa shape index (κ3) is 4.49. The largest absolute Gasteiger partial charge is 0.484 e. The maximum absolute atomic E-state index is 11.8. The van der Waals surface area contributed by atoms with Gasteiger partial charge in [0.2, 0.25) is 0 Å². The quantitative estimate of drug-likeness (QED) is 0.864. The van der Waals surface area contributed by atoms with Crippen molar-refractivity contribution in [3.8, 4) is 5.75 Å². The lowest BCUT2D eigenvalue weighted by Gasteiger charge is -2.22.